The van der Waals surface area contributed by atoms with Crippen molar-refractivity contribution in [2.24, 2.45) is 5.41 Å². The number of aromatic nitrogens is 2. The van der Waals surface area contributed by atoms with Crippen molar-refractivity contribution in [2.75, 3.05) is 32.7 Å². The average molecular weight is 522 g/mol. The monoisotopic (exact) mass is 521 g/mol. The highest BCUT2D eigenvalue weighted by Crippen LogP contribution is 2.29. The molecule has 2 aliphatic heterocycles. The fourth-order valence-corrected chi connectivity index (χ4v) is 5.14. The van der Waals surface area contributed by atoms with Crippen LogP contribution in [0, 0.1) is 5.41 Å². The average Bonchev–Trinajstić information content (AvgIpc) is 2.82. The molecule has 0 aliphatic carbocycles. The number of carbonyl (C=O) groups is 2. The van der Waals surface area contributed by atoms with E-state index in [0.717, 1.165) is 42.6 Å². The maximum Gasteiger partial charge on any atom is 0.265 e. The van der Waals surface area contributed by atoms with E-state index >= 15 is 0 Å². The van der Waals surface area contributed by atoms with E-state index in [9.17, 15) is 14.4 Å². The van der Waals surface area contributed by atoms with Crippen LogP contribution in [0.2, 0.25) is 5.02 Å². The second-order valence-electron chi connectivity index (χ2n) is 10.8. The minimum atomic E-state index is -0.512. The summed E-state index contributed by atoms with van der Waals surface area (Å²) in [7, 11) is 0. The maximum absolute atomic E-state index is 13.6. The van der Waals surface area contributed by atoms with Crippen LogP contribution >= 0.6 is 11.6 Å². The number of benzene rings is 1. The second kappa shape index (κ2) is 10.3. The van der Waals surface area contributed by atoms with Crippen LogP contribution in [-0.4, -0.2) is 63.9 Å². The van der Waals surface area contributed by atoms with Gasteiger partial charge in [-0.25, -0.2) is 4.98 Å². The quantitative estimate of drug-likeness (QED) is 0.492. The van der Waals surface area contributed by atoms with E-state index in [4.69, 9.17) is 11.6 Å². The molecule has 9 heteroatoms. The smallest absolute Gasteiger partial charge is 0.265 e. The third-order valence-corrected chi connectivity index (χ3v) is 7.47. The molecular formula is C28H32ClN5O3. The highest BCUT2D eigenvalue weighted by atomic mass is 35.5. The number of carbonyl (C=O) groups excluding carboxylic acids is 2. The van der Waals surface area contributed by atoms with Crippen molar-refractivity contribution in [1.29, 1.82) is 0 Å². The zero-order valence-electron chi connectivity index (χ0n) is 21.3. The molecule has 2 amide bonds. The Morgan fingerprint density at radius 1 is 1.11 bits per heavy atom. The Kier molecular flexibility index (Phi) is 7.05. The van der Waals surface area contributed by atoms with Gasteiger partial charge in [0.25, 0.3) is 11.5 Å². The first-order chi connectivity index (χ1) is 17.7. The van der Waals surface area contributed by atoms with Crippen molar-refractivity contribution >= 4 is 34.4 Å². The van der Waals surface area contributed by atoms with E-state index < -0.39 is 11.5 Å². The molecule has 2 saturated heterocycles. The number of amides is 2. The molecule has 8 nitrogen and oxygen atoms in total. The van der Waals surface area contributed by atoms with Crippen molar-refractivity contribution in [3.63, 3.8) is 0 Å². The Balaban J connectivity index is 1.47. The van der Waals surface area contributed by atoms with E-state index in [0.29, 0.717) is 23.8 Å². The number of rotatable bonds is 8. The molecule has 1 N–H and O–H groups in total. The summed E-state index contributed by atoms with van der Waals surface area (Å²) < 4.78 is 1.37. The molecule has 0 bridgehead atoms. The van der Waals surface area contributed by atoms with E-state index in [1.165, 1.54) is 11.0 Å². The van der Waals surface area contributed by atoms with E-state index in [-0.39, 0.29) is 30.0 Å². The first-order valence-electron chi connectivity index (χ1n) is 12.7. The third kappa shape index (κ3) is 5.55. The van der Waals surface area contributed by atoms with Gasteiger partial charge in [0, 0.05) is 42.8 Å². The van der Waals surface area contributed by atoms with Crippen molar-refractivity contribution in [2.45, 2.75) is 39.8 Å². The highest BCUT2D eigenvalue weighted by molar-refractivity contribution is 6.30. The Labute approximate surface area is 221 Å². The first-order valence-corrected chi connectivity index (χ1v) is 13.1. The topological polar surface area (TPSA) is 87.5 Å². The van der Waals surface area contributed by atoms with Crippen LogP contribution in [0.25, 0.3) is 11.0 Å². The van der Waals surface area contributed by atoms with Gasteiger partial charge in [-0.2, -0.15) is 0 Å². The van der Waals surface area contributed by atoms with Crippen LogP contribution < -0.4 is 10.9 Å². The molecule has 0 saturated carbocycles. The minimum Gasteiger partial charge on any atom is -0.348 e. The third-order valence-electron chi connectivity index (χ3n) is 7.22. The van der Waals surface area contributed by atoms with E-state index in [1.807, 2.05) is 18.2 Å². The zero-order chi connectivity index (χ0) is 26.2. The van der Waals surface area contributed by atoms with Crippen LogP contribution in [0.15, 0.2) is 47.4 Å². The molecular weight excluding hydrogens is 490 g/mol. The summed E-state index contributed by atoms with van der Waals surface area (Å²) >= 11 is 5.96. The second-order valence-corrected chi connectivity index (χ2v) is 11.3. The van der Waals surface area contributed by atoms with Gasteiger partial charge < -0.3 is 15.1 Å². The van der Waals surface area contributed by atoms with Crippen LogP contribution in [0.5, 0.6) is 0 Å². The highest BCUT2D eigenvalue weighted by Gasteiger charge is 2.37. The number of halogens is 1. The Morgan fingerprint density at radius 2 is 1.84 bits per heavy atom. The number of fused-ring (bicyclic) bond motifs is 1. The van der Waals surface area contributed by atoms with E-state index in [2.05, 4.69) is 29.0 Å². The van der Waals surface area contributed by atoms with Gasteiger partial charge >= 0.3 is 0 Å². The summed E-state index contributed by atoms with van der Waals surface area (Å²) in [5.74, 6) is -0.625. The van der Waals surface area contributed by atoms with Crippen molar-refractivity contribution < 1.29 is 9.59 Å². The van der Waals surface area contributed by atoms with Gasteiger partial charge in [0.15, 0.2) is 0 Å². The molecule has 2 aliphatic rings. The van der Waals surface area contributed by atoms with Crippen molar-refractivity contribution in [3.8, 4) is 0 Å². The minimum absolute atomic E-state index is 0.0106. The lowest BCUT2D eigenvalue weighted by Gasteiger charge is -2.45. The molecule has 3 aromatic rings. The lowest BCUT2D eigenvalue weighted by Crippen LogP contribution is -2.56. The summed E-state index contributed by atoms with van der Waals surface area (Å²) in [5, 5.41) is 4.19. The summed E-state index contributed by atoms with van der Waals surface area (Å²) in [5.41, 5.74) is 1.89. The largest absolute Gasteiger partial charge is 0.348 e. The molecule has 2 aromatic heterocycles. The molecule has 37 heavy (non-hydrogen) atoms. The summed E-state index contributed by atoms with van der Waals surface area (Å²) in [6.45, 7) is 8.70. The molecule has 0 atom stereocenters. The van der Waals surface area contributed by atoms with Gasteiger partial charge in [0.2, 0.25) is 5.91 Å². The Bertz CT molecular complexity index is 1390. The Hall–Kier alpha value is -3.23. The maximum atomic E-state index is 13.6. The predicted molar refractivity (Wildman–Crippen MR) is 144 cm³/mol. The number of nitrogens with one attached hydrogen (secondary N) is 1. The zero-order valence-corrected chi connectivity index (χ0v) is 22.1. The summed E-state index contributed by atoms with van der Waals surface area (Å²) in [4.78, 5) is 48.5. The molecule has 5 rings (SSSR count). The summed E-state index contributed by atoms with van der Waals surface area (Å²) in [6, 6.07) is 10.7. The van der Waals surface area contributed by atoms with Gasteiger partial charge in [-0.1, -0.05) is 37.6 Å². The van der Waals surface area contributed by atoms with Gasteiger partial charge in [-0.15, -0.1) is 0 Å². The van der Waals surface area contributed by atoms with Gasteiger partial charge in [-0.05, 0) is 66.7 Å². The molecule has 0 spiro atoms. The Morgan fingerprint density at radius 3 is 2.49 bits per heavy atom. The van der Waals surface area contributed by atoms with Gasteiger partial charge in [0.05, 0.1) is 0 Å². The standard InChI is InChI=1S/C28H32ClN5O3/c1-28(2)17-33(18-28)24(35)16-34-25-22(20(8-10-30-25)9-13-32-11-3-12-32)14-23(27(34)37)26(36)31-15-19-4-6-21(29)7-5-19/h4-8,10,14H,3,9,11-13,15-18H2,1-2H3,(H,31,36). The number of likely N-dealkylation sites (tertiary alicyclic amines) is 2. The number of nitrogens with zero attached hydrogens (tertiary/aromatic N) is 4. The normalized spacial score (nSPS) is 16.8. The number of hydrogen-bond donors (Lipinski definition) is 1. The fourth-order valence-electron chi connectivity index (χ4n) is 5.01. The molecule has 0 radical (unpaired) electrons. The number of pyridine rings is 2. The molecule has 194 valence electrons. The predicted octanol–water partition coefficient (Wildman–Crippen LogP) is 3.10. The van der Waals surface area contributed by atoms with Crippen molar-refractivity contribution in [1.82, 2.24) is 24.7 Å². The lowest BCUT2D eigenvalue weighted by molar-refractivity contribution is -0.142. The first kappa shape index (κ1) is 25.4. The van der Waals surface area contributed by atoms with Crippen LogP contribution in [0.3, 0.4) is 0 Å². The lowest BCUT2D eigenvalue weighted by atomic mass is 9.84. The van der Waals surface area contributed by atoms with Gasteiger partial charge in [-0.3, -0.25) is 19.0 Å². The molecule has 2 fully saturated rings. The fraction of sp³-hybridized carbons (Fsp3) is 0.429. The van der Waals surface area contributed by atoms with Crippen molar-refractivity contribution in [3.05, 3.63) is 74.7 Å². The van der Waals surface area contributed by atoms with Crippen LogP contribution in [0.1, 0.15) is 41.8 Å². The van der Waals surface area contributed by atoms with Crippen LogP contribution in [-0.2, 0) is 24.3 Å². The van der Waals surface area contributed by atoms with Crippen LogP contribution in [0.4, 0.5) is 0 Å². The van der Waals surface area contributed by atoms with E-state index in [1.54, 1.807) is 29.3 Å². The number of hydrogen-bond acceptors (Lipinski definition) is 5. The molecule has 0 unspecified atom stereocenters. The molecule has 1 aromatic carbocycles. The summed E-state index contributed by atoms with van der Waals surface area (Å²) in [6.07, 6.45) is 3.67. The molecule has 4 heterocycles. The van der Waals surface area contributed by atoms with Gasteiger partial charge in [0.1, 0.15) is 17.8 Å². The SMILES string of the molecule is CC1(C)CN(C(=O)Cn2c(=O)c(C(=O)NCc3ccc(Cl)cc3)cc3c(CCN4CCC4)ccnc32)C1.